The molecule has 0 radical (unpaired) electrons. The Hall–Kier alpha value is -1.57. The van der Waals surface area contributed by atoms with Crippen LogP contribution in [0.3, 0.4) is 0 Å². The molecule has 0 saturated heterocycles. The van der Waals surface area contributed by atoms with Gasteiger partial charge in [0.25, 0.3) is 0 Å². The molecule has 2 rings (SSSR count). The summed E-state index contributed by atoms with van der Waals surface area (Å²) < 4.78 is 0. The third-order valence-corrected chi connectivity index (χ3v) is 2.51. The van der Waals surface area contributed by atoms with Crippen molar-refractivity contribution in [3.05, 3.63) is 41.6 Å². The summed E-state index contributed by atoms with van der Waals surface area (Å²) in [5, 5.41) is 0. The van der Waals surface area contributed by atoms with Gasteiger partial charge in [0.1, 0.15) is 0 Å². The summed E-state index contributed by atoms with van der Waals surface area (Å²) in [6, 6.07) is 9.67. The first-order valence-corrected chi connectivity index (χ1v) is 4.86. The van der Waals surface area contributed by atoms with Gasteiger partial charge in [-0.2, -0.15) is 0 Å². The maximum Gasteiger partial charge on any atom is 0.165 e. The smallest absolute Gasteiger partial charge is 0.165 e. The molecule has 0 spiro atoms. The molecule has 0 heterocycles. The fourth-order valence-corrected chi connectivity index (χ4v) is 1.82. The van der Waals surface area contributed by atoms with Crippen LogP contribution in [0.1, 0.15) is 24.8 Å². The van der Waals surface area contributed by atoms with Crippen molar-refractivity contribution in [2.45, 2.75) is 19.3 Å². The van der Waals surface area contributed by atoms with E-state index in [4.69, 9.17) is 5.73 Å². The molecule has 1 aliphatic rings. The number of hydrogen-bond donors (Lipinski definition) is 1. The molecule has 14 heavy (non-hydrogen) atoms. The molecule has 0 bridgehead atoms. The minimum Gasteiger partial charge on any atom is -0.401 e. The summed E-state index contributed by atoms with van der Waals surface area (Å²) >= 11 is 0. The Balaban J connectivity index is 2.46. The van der Waals surface area contributed by atoms with Crippen LogP contribution in [0.5, 0.6) is 0 Å². The number of carbonyl (C=O) groups excluding carboxylic acids is 1. The van der Waals surface area contributed by atoms with Gasteiger partial charge < -0.3 is 5.73 Å². The van der Waals surface area contributed by atoms with E-state index in [0.717, 1.165) is 29.7 Å². The number of Topliss-reactive ketones (excluding diaryl/α,β-unsaturated/α-hetero) is 1. The number of carbonyl (C=O) groups is 1. The van der Waals surface area contributed by atoms with E-state index in [1.165, 1.54) is 0 Å². The molecule has 1 aromatic carbocycles. The zero-order chi connectivity index (χ0) is 9.97. The van der Waals surface area contributed by atoms with Crippen LogP contribution in [0.4, 0.5) is 0 Å². The zero-order valence-electron chi connectivity index (χ0n) is 7.99. The van der Waals surface area contributed by atoms with E-state index in [1.807, 2.05) is 30.3 Å². The summed E-state index contributed by atoms with van der Waals surface area (Å²) in [7, 11) is 0. The molecule has 0 saturated carbocycles. The summed E-state index contributed by atoms with van der Waals surface area (Å²) in [4.78, 5) is 11.7. The predicted octanol–water partition coefficient (Wildman–Crippen LogP) is 2.11. The lowest BCUT2D eigenvalue weighted by Gasteiger charge is -2.16. The van der Waals surface area contributed by atoms with Crippen molar-refractivity contribution in [2.24, 2.45) is 5.73 Å². The largest absolute Gasteiger partial charge is 0.401 e. The van der Waals surface area contributed by atoms with Crippen molar-refractivity contribution >= 4 is 11.4 Å². The Morgan fingerprint density at radius 1 is 1.07 bits per heavy atom. The topological polar surface area (TPSA) is 43.1 Å². The molecule has 2 N–H and O–H groups in total. The minimum absolute atomic E-state index is 0.181. The lowest BCUT2D eigenvalue weighted by atomic mass is 9.90. The second-order valence-corrected chi connectivity index (χ2v) is 3.54. The number of allylic oxidation sites excluding steroid dienone is 2. The van der Waals surface area contributed by atoms with E-state index in [9.17, 15) is 4.79 Å². The van der Waals surface area contributed by atoms with Crippen molar-refractivity contribution < 1.29 is 4.79 Å². The van der Waals surface area contributed by atoms with Crippen LogP contribution in [-0.4, -0.2) is 5.78 Å². The van der Waals surface area contributed by atoms with Gasteiger partial charge in [-0.25, -0.2) is 0 Å². The van der Waals surface area contributed by atoms with E-state index in [2.05, 4.69) is 0 Å². The standard InChI is InChI=1S/C12H13NO/c13-10-7-4-8-11(14)12(10)9-5-2-1-3-6-9/h1-3,5-6H,4,7-8,13H2. The monoisotopic (exact) mass is 187 g/mol. The molecule has 2 heteroatoms. The fourth-order valence-electron chi connectivity index (χ4n) is 1.82. The van der Waals surface area contributed by atoms with E-state index < -0.39 is 0 Å². The van der Waals surface area contributed by atoms with Crippen LogP contribution in [0.25, 0.3) is 5.57 Å². The SMILES string of the molecule is NC1=C(c2ccccc2)C(=O)CCC1. The molecule has 0 amide bonds. The molecule has 1 aromatic rings. The Labute approximate surface area is 83.4 Å². The third kappa shape index (κ3) is 1.55. The van der Waals surface area contributed by atoms with Gasteiger partial charge in [-0.15, -0.1) is 0 Å². The van der Waals surface area contributed by atoms with Gasteiger partial charge in [0.2, 0.25) is 0 Å². The molecule has 2 nitrogen and oxygen atoms in total. The second kappa shape index (κ2) is 3.66. The lowest BCUT2D eigenvalue weighted by Crippen LogP contribution is -2.15. The Morgan fingerprint density at radius 3 is 2.43 bits per heavy atom. The van der Waals surface area contributed by atoms with Crippen LogP contribution in [0.2, 0.25) is 0 Å². The molecular formula is C12H13NO. The van der Waals surface area contributed by atoms with Crippen molar-refractivity contribution in [1.29, 1.82) is 0 Å². The van der Waals surface area contributed by atoms with Crippen LogP contribution < -0.4 is 5.73 Å². The Kier molecular flexibility index (Phi) is 2.35. The van der Waals surface area contributed by atoms with Crippen molar-refractivity contribution in [2.75, 3.05) is 0 Å². The van der Waals surface area contributed by atoms with Gasteiger partial charge in [0.05, 0.1) is 0 Å². The third-order valence-electron chi connectivity index (χ3n) is 2.51. The normalized spacial score (nSPS) is 17.3. The summed E-state index contributed by atoms with van der Waals surface area (Å²) in [5.74, 6) is 0.181. The lowest BCUT2D eigenvalue weighted by molar-refractivity contribution is -0.114. The summed E-state index contributed by atoms with van der Waals surface area (Å²) in [5.41, 5.74) is 8.29. The highest BCUT2D eigenvalue weighted by molar-refractivity contribution is 6.22. The average molecular weight is 187 g/mol. The first-order valence-electron chi connectivity index (χ1n) is 4.86. The number of nitrogens with two attached hydrogens (primary N) is 1. The molecule has 0 aliphatic heterocycles. The first-order chi connectivity index (χ1) is 6.79. The molecular weight excluding hydrogens is 174 g/mol. The summed E-state index contributed by atoms with van der Waals surface area (Å²) in [6.07, 6.45) is 2.36. The quantitative estimate of drug-likeness (QED) is 0.731. The molecule has 0 aromatic heterocycles. The van der Waals surface area contributed by atoms with E-state index in [1.54, 1.807) is 0 Å². The van der Waals surface area contributed by atoms with Gasteiger partial charge in [-0.05, 0) is 18.4 Å². The fraction of sp³-hybridized carbons (Fsp3) is 0.250. The summed E-state index contributed by atoms with van der Waals surface area (Å²) in [6.45, 7) is 0. The van der Waals surface area contributed by atoms with Gasteiger partial charge in [0, 0.05) is 17.7 Å². The van der Waals surface area contributed by atoms with Gasteiger partial charge in [-0.1, -0.05) is 30.3 Å². The average Bonchev–Trinajstić information content (AvgIpc) is 2.19. The van der Waals surface area contributed by atoms with Crippen molar-refractivity contribution in [3.8, 4) is 0 Å². The van der Waals surface area contributed by atoms with Gasteiger partial charge in [0.15, 0.2) is 5.78 Å². The van der Waals surface area contributed by atoms with Crippen molar-refractivity contribution in [3.63, 3.8) is 0 Å². The van der Waals surface area contributed by atoms with Crippen LogP contribution in [0.15, 0.2) is 36.0 Å². The highest BCUT2D eigenvalue weighted by Gasteiger charge is 2.19. The van der Waals surface area contributed by atoms with E-state index in [0.29, 0.717) is 6.42 Å². The van der Waals surface area contributed by atoms with Crippen LogP contribution >= 0.6 is 0 Å². The second-order valence-electron chi connectivity index (χ2n) is 3.54. The first kappa shape index (κ1) is 9.00. The number of benzene rings is 1. The molecule has 0 atom stereocenters. The Morgan fingerprint density at radius 2 is 1.79 bits per heavy atom. The molecule has 72 valence electrons. The van der Waals surface area contributed by atoms with E-state index in [-0.39, 0.29) is 5.78 Å². The molecule has 1 aliphatic carbocycles. The van der Waals surface area contributed by atoms with Gasteiger partial charge in [-0.3, -0.25) is 4.79 Å². The predicted molar refractivity (Wildman–Crippen MR) is 56.4 cm³/mol. The van der Waals surface area contributed by atoms with Crippen molar-refractivity contribution in [1.82, 2.24) is 0 Å². The van der Waals surface area contributed by atoms with Crippen LogP contribution in [0, 0.1) is 0 Å². The van der Waals surface area contributed by atoms with Gasteiger partial charge >= 0.3 is 0 Å². The maximum atomic E-state index is 11.7. The highest BCUT2D eigenvalue weighted by atomic mass is 16.1. The zero-order valence-corrected chi connectivity index (χ0v) is 7.99. The molecule has 0 fully saturated rings. The Bertz CT molecular complexity index is 379. The van der Waals surface area contributed by atoms with E-state index >= 15 is 0 Å². The highest BCUT2D eigenvalue weighted by Crippen LogP contribution is 2.26. The maximum absolute atomic E-state index is 11.7. The minimum atomic E-state index is 0.181. The number of hydrogen-bond acceptors (Lipinski definition) is 2. The molecule has 0 unspecified atom stereocenters. The number of rotatable bonds is 1. The van der Waals surface area contributed by atoms with Crippen LogP contribution in [-0.2, 0) is 4.79 Å². The number of ketones is 1.